The van der Waals surface area contributed by atoms with E-state index in [4.69, 9.17) is 15.3 Å². The van der Waals surface area contributed by atoms with E-state index in [9.17, 15) is 0 Å². The predicted molar refractivity (Wildman–Crippen MR) is 46.6 cm³/mol. The maximum atomic E-state index is 8.82. The van der Waals surface area contributed by atoms with Crippen molar-refractivity contribution in [2.45, 2.75) is 0 Å². The van der Waals surface area contributed by atoms with Crippen LogP contribution >= 0.6 is 0 Å². The van der Waals surface area contributed by atoms with Crippen LogP contribution < -0.4 is 0 Å². The first-order chi connectivity index (χ1) is 5.74. The molecule has 0 aromatic heterocycles. The highest BCUT2D eigenvalue weighted by Gasteiger charge is 1.84. The van der Waals surface area contributed by atoms with Gasteiger partial charge in [-0.2, -0.15) is 0 Å². The molecule has 62 valence electrons. The summed E-state index contributed by atoms with van der Waals surface area (Å²) >= 11 is 0. The number of hydrogen-bond acceptors (Lipinski definition) is 3. The zero-order chi connectivity index (χ0) is 9.40. The van der Waals surface area contributed by atoms with Crippen molar-refractivity contribution < 1.29 is 9.90 Å². The van der Waals surface area contributed by atoms with Gasteiger partial charge in [-0.1, -0.05) is 24.8 Å². The third kappa shape index (κ3) is 4.04. The Kier molecular flexibility index (Phi) is 4.98. The number of phenols is 1. The van der Waals surface area contributed by atoms with Crippen LogP contribution in [0.5, 0.6) is 5.75 Å². The molecule has 3 heteroatoms. The molecule has 1 aromatic rings. The van der Waals surface area contributed by atoms with Crippen LogP contribution in [0.1, 0.15) is 5.56 Å². The van der Waals surface area contributed by atoms with E-state index in [0.29, 0.717) is 5.75 Å². The molecule has 0 saturated heterocycles. The quantitative estimate of drug-likeness (QED) is 0.491. The van der Waals surface area contributed by atoms with Crippen LogP contribution in [-0.4, -0.2) is 11.2 Å². The van der Waals surface area contributed by atoms with E-state index in [1.165, 1.54) is 0 Å². The van der Waals surface area contributed by atoms with Gasteiger partial charge in [0.2, 0.25) is 6.08 Å². The van der Waals surface area contributed by atoms with Gasteiger partial charge < -0.3 is 5.11 Å². The van der Waals surface area contributed by atoms with Crippen LogP contribution in [0.2, 0.25) is 0 Å². The van der Waals surface area contributed by atoms with Gasteiger partial charge in [0.25, 0.3) is 0 Å². The Bertz CT molecular complexity index is 271. The standard InChI is InChI=1S/C8H8O.CHNO/c1-2-7-3-5-8(9)6-4-7;2-1-3/h2-6,9H,1H2;2H. The number of carbonyl (C=O) groups excluding carboxylic acids is 1. The van der Waals surface area contributed by atoms with Crippen LogP contribution in [0.3, 0.4) is 0 Å². The van der Waals surface area contributed by atoms with Crippen LogP contribution in [-0.2, 0) is 4.79 Å². The minimum Gasteiger partial charge on any atom is -0.508 e. The molecule has 0 bridgehead atoms. The van der Waals surface area contributed by atoms with Crippen LogP contribution in [0.25, 0.3) is 6.08 Å². The summed E-state index contributed by atoms with van der Waals surface area (Å²) in [5.41, 5.74) is 1.02. The first kappa shape index (κ1) is 10.1. The fraction of sp³-hybridized carbons (Fsp3) is 0. The summed E-state index contributed by atoms with van der Waals surface area (Å²) in [6.45, 7) is 3.58. The van der Waals surface area contributed by atoms with Crippen molar-refractivity contribution in [3.05, 3.63) is 36.4 Å². The van der Waals surface area contributed by atoms with E-state index >= 15 is 0 Å². The fourth-order valence-electron chi connectivity index (χ4n) is 0.610. The van der Waals surface area contributed by atoms with E-state index in [1.807, 2.05) is 12.1 Å². The SMILES string of the molecule is C=Cc1ccc(O)cc1.N=C=O. The highest BCUT2D eigenvalue weighted by atomic mass is 16.3. The second-order valence-corrected chi connectivity index (χ2v) is 1.90. The number of nitrogens with one attached hydrogen (secondary N) is 1. The summed E-state index contributed by atoms with van der Waals surface area (Å²) < 4.78 is 0. The van der Waals surface area contributed by atoms with Crippen LogP contribution in [0.4, 0.5) is 0 Å². The second-order valence-electron chi connectivity index (χ2n) is 1.90. The Hall–Kier alpha value is -1.86. The van der Waals surface area contributed by atoms with Crippen molar-refractivity contribution in [1.82, 2.24) is 0 Å². The molecule has 0 aliphatic rings. The lowest BCUT2D eigenvalue weighted by Gasteiger charge is -1.90. The van der Waals surface area contributed by atoms with Gasteiger partial charge in [0.1, 0.15) is 5.75 Å². The van der Waals surface area contributed by atoms with Gasteiger partial charge in [-0.15, -0.1) is 0 Å². The van der Waals surface area contributed by atoms with E-state index < -0.39 is 0 Å². The molecule has 0 fully saturated rings. The monoisotopic (exact) mass is 163 g/mol. The van der Waals surface area contributed by atoms with E-state index in [1.54, 1.807) is 18.2 Å². The molecular formula is C9H9NO2. The molecule has 2 N–H and O–H groups in total. The number of isocyanates is 1. The number of phenolic OH excluding ortho intramolecular Hbond substituents is 1. The molecule has 0 radical (unpaired) electrons. The lowest BCUT2D eigenvalue weighted by molar-refractivity contribution is 0.475. The zero-order valence-corrected chi connectivity index (χ0v) is 6.45. The summed E-state index contributed by atoms with van der Waals surface area (Å²) in [4.78, 5) is 8.35. The summed E-state index contributed by atoms with van der Waals surface area (Å²) in [6.07, 6.45) is 2.49. The highest BCUT2D eigenvalue weighted by molar-refractivity contribution is 5.47. The third-order valence-corrected chi connectivity index (χ3v) is 1.13. The van der Waals surface area contributed by atoms with Gasteiger partial charge in [0, 0.05) is 0 Å². The van der Waals surface area contributed by atoms with Gasteiger partial charge in [0.15, 0.2) is 0 Å². The van der Waals surface area contributed by atoms with Gasteiger partial charge in [-0.3, -0.25) is 0 Å². The molecule has 3 nitrogen and oxygen atoms in total. The molecule has 0 amide bonds. The van der Waals surface area contributed by atoms with Crippen LogP contribution in [0, 0.1) is 5.41 Å². The summed E-state index contributed by atoms with van der Waals surface area (Å²) in [5.74, 6) is 0.292. The van der Waals surface area contributed by atoms with Gasteiger partial charge in [-0.05, 0) is 17.7 Å². The Morgan fingerprint density at radius 2 is 1.83 bits per heavy atom. The molecule has 0 atom stereocenters. The molecule has 0 heterocycles. The van der Waals surface area contributed by atoms with Crippen molar-refractivity contribution in [2.24, 2.45) is 0 Å². The highest BCUT2D eigenvalue weighted by Crippen LogP contribution is 2.09. The number of hydrogen-bond donors (Lipinski definition) is 2. The Morgan fingerprint density at radius 1 is 1.42 bits per heavy atom. The molecule has 0 aliphatic carbocycles. The molecule has 12 heavy (non-hydrogen) atoms. The number of benzene rings is 1. The average Bonchev–Trinajstić information content (AvgIpc) is 2.07. The molecule has 1 rings (SSSR count). The second kappa shape index (κ2) is 5.89. The topological polar surface area (TPSA) is 61.1 Å². The Morgan fingerprint density at radius 3 is 2.17 bits per heavy atom. The first-order valence-corrected chi connectivity index (χ1v) is 3.20. The maximum Gasteiger partial charge on any atom is 0.231 e. The first-order valence-electron chi connectivity index (χ1n) is 3.20. The summed E-state index contributed by atoms with van der Waals surface area (Å²) in [6, 6.07) is 6.89. The third-order valence-electron chi connectivity index (χ3n) is 1.13. The van der Waals surface area contributed by atoms with Gasteiger partial charge in [-0.25, -0.2) is 10.2 Å². The molecule has 0 spiro atoms. The minimum atomic E-state index is 0.292. The Labute approximate surface area is 70.5 Å². The normalized spacial score (nSPS) is 7.33. The van der Waals surface area contributed by atoms with Crippen molar-refractivity contribution >= 4 is 12.2 Å². The fourth-order valence-corrected chi connectivity index (χ4v) is 0.610. The predicted octanol–water partition coefficient (Wildman–Crippen LogP) is 1.94. The summed E-state index contributed by atoms with van der Waals surface area (Å²) in [7, 11) is 0. The van der Waals surface area contributed by atoms with E-state index in [-0.39, 0.29) is 0 Å². The van der Waals surface area contributed by atoms with Crippen molar-refractivity contribution in [3.63, 3.8) is 0 Å². The van der Waals surface area contributed by atoms with Gasteiger partial charge in [0.05, 0.1) is 0 Å². The lowest BCUT2D eigenvalue weighted by Crippen LogP contribution is -1.67. The van der Waals surface area contributed by atoms with Crippen molar-refractivity contribution in [3.8, 4) is 5.75 Å². The van der Waals surface area contributed by atoms with Crippen LogP contribution in [0.15, 0.2) is 30.8 Å². The smallest absolute Gasteiger partial charge is 0.231 e. The van der Waals surface area contributed by atoms with Gasteiger partial charge >= 0.3 is 0 Å². The molecule has 0 aliphatic heterocycles. The number of aromatic hydroxyl groups is 1. The largest absolute Gasteiger partial charge is 0.508 e. The Balaban J connectivity index is 0.000000354. The average molecular weight is 163 g/mol. The van der Waals surface area contributed by atoms with E-state index in [2.05, 4.69) is 6.58 Å². The van der Waals surface area contributed by atoms with Crippen molar-refractivity contribution in [1.29, 1.82) is 5.41 Å². The zero-order valence-electron chi connectivity index (χ0n) is 6.45. The molecular weight excluding hydrogens is 154 g/mol. The van der Waals surface area contributed by atoms with E-state index in [0.717, 1.165) is 11.6 Å². The van der Waals surface area contributed by atoms with Crippen molar-refractivity contribution in [2.75, 3.05) is 0 Å². The lowest BCUT2D eigenvalue weighted by atomic mass is 10.2. The maximum absolute atomic E-state index is 8.82. The molecule has 0 unspecified atom stereocenters. The minimum absolute atomic E-state index is 0.292. The number of rotatable bonds is 1. The molecule has 0 saturated carbocycles. The summed E-state index contributed by atoms with van der Waals surface area (Å²) in [5, 5.41) is 14.2. The molecule has 1 aromatic carbocycles.